The minimum atomic E-state index is 0.416. The summed E-state index contributed by atoms with van der Waals surface area (Å²) in [5, 5.41) is 3.65. The molecule has 0 aliphatic heterocycles. The van der Waals surface area contributed by atoms with Crippen molar-refractivity contribution in [2.45, 2.75) is 53.0 Å². The van der Waals surface area contributed by atoms with E-state index in [1.54, 1.807) is 0 Å². The van der Waals surface area contributed by atoms with Crippen molar-refractivity contribution in [3.05, 3.63) is 52.6 Å². The van der Waals surface area contributed by atoms with Gasteiger partial charge in [0.2, 0.25) is 0 Å². The molecule has 1 aliphatic rings. The molecule has 1 aromatic carbocycles. The second-order valence-electron chi connectivity index (χ2n) is 5.95. The van der Waals surface area contributed by atoms with Crippen LogP contribution in [0.25, 0.3) is 5.57 Å². The van der Waals surface area contributed by atoms with Crippen LogP contribution >= 0.6 is 0 Å². The highest BCUT2D eigenvalue weighted by Gasteiger charge is 2.17. The predicted octanol–water partition coefficient (Wildman–Crippen LogP) is 5.26. The Bertz CT molecular complexity index is 522. The molecule has 1 aromatic rings. The molecule has 1 heteroatoms. The second kappa shape index (κ2) is 6.90. The maximum absolute atomic E-state index is 3.65. The molecule has 0 heterocycles. The van der Waals surface area contributed by atoms with Crippen molar-refractivity contribution in [2.24, 2.45) is 0 Å². The van der Waals surface area contributed by atoms with Gasteiger partial charge < -0.3 is 5.32 Å². The third kappa shape index (κ3) is 3.40. The quantitative estimate of drug-likeness (QED) is 0.694. The Hall–Kier alpha value is -1.34. The highest BCUT2D eigenvalue weighted by atomic mass is 14.9. The maximum atomic E-state index is 3.65. The first-order valence-electron chi connectivity index (χ1n) is 7.83. The van der Waals surface area contributed by atoms with Crippen LogP contribution in [0.15, 0.2) is 41.5 Å². The van der Waals surface area contributed by atoms with Gasteiger partial charge in [0, 0.05) is 6.04 Å². The lowest BCUT2D eigenvalue weighted by atomic mass is 9.92. The van der Waals surface area contributed by atoms with Crippen LogP contribution in [0.4, 0.5) is 0 Å². The van der Waals surface area contributed by atoms with E-state index in [9.17, 15) is 0 Å². The minimum Gasteiger partial charge on any atom is -0.310 e. The highest BCUT2D eigenvalue weighted by Crippen LogP contribution is 2.36. The number of hydrogen-bond donors (Lipinski definition) is 1. The van der Waals surface area contributed by atoms with Crippen LogP contribution in [0.3, 0.4) is 0 Å². The van der Waals surface area contributed by atoms with E-state index in [1.165, 1.54) is 40.7 Å². The standard InChI is InChI=1S/C19H27N/c1-5-6-11-20-16(4)17-9-7-8-10-18(17)19-13-14(2)12-15(19)3/h7-10,12,16,20H,5-6,11,13H2,1-4H3. The zero-order valence-electron chi connectivity index (χ0n) is 13.3. The zero-order valence-corrected chi connectivity index (χ0v) is 13.3. The van der Waals surface area contributed by atoms with Crippen molar-refractivity contribution in [2.75, 3.05) is 6.54 Å². The van der Waals surface area contributed by atoms with E-state index in [1.807, 2.05) is 0 Å². The van der Waals surface area contributed by atoms with Gasteiger partial charge in [0.1, 0.15) is 0 Å². The van der Waals surface area contributed by atoms with Crippen LogP contribution in [0.1, 0.15) is 64.1 Å². The van der Waals surface area contributed by atoms with Crippen LogP contribution in [-0.2, 0) is 0 Å². The van der Waals surface area contributed by atoms with Gasteiger partial charge in [-0.2, -0.15) is 0 Å². The number of rotatable bonds is 6. The first-order chi connectivity index (χ1) is 9.63. The summed E-state index contributed by atoms with van der Waals surface area (Å²) < 4.78 is 0. The Morgan fingerprint density at radius 3 is 2.60 bits per heavy atom. The van der Waals surface area contributed by atoms with Crippen LogP contribution in [0.5, 0.6) is 0 Å². The van der Waals surface area contributed by atoms with Crippen LogP contribution in [0.2, 0.25) is 0 Å². The number of hydrogen-bond acceptors (Lipinski definition) is 1. The van der Waals surface area contributed by atoms with Gasteiger partial charge in [0.25, 0.3) is 0 Å². The summed E-state index contributed by atoms with van der Waals surface area (Å²) in [6.45, 7) is 10.1. The van der Waals surface area contributed by atoms with Gasteiger partial charge in [-0.15, -0.1) is 0 Å². The third-order valence-corrected chi connectivity index (χ3v) is 4.13. The Balaban J connectivity index is 2.21. The molecule has 0 saturated carbocycles. The number of allylic oxidation sites excluding steroid dienone is 4. The van der Waals surface area contributed by atoms with E-state index in [-0.39, 0.29) is 0 Å². The highest BCUT2D eigenvalue weighted by molar-refractivity contribution is 5.77. The molecule has 0 radical (unpaired) electrons. The molecule has 0 bridgehead atoms. The molecule has 1 unspecified atom stereocenters. The lowest BCUT2D eigenvalue weighted by Crippen LogP contribution is -2.20. The monoisotopic (exact) mass is 269 g/mol. The van der Waals surface area contributed by atoms with Crippen LogP contribution in [-0.4, -0.2) is 6.54 Å². The summed E-state index contributed by atoms with van der Waals surface area (Å²) in [5.41, 5.74) is 7.26. The smallest absolute Gasteiger partial charge is 0.0297 e. The molecule has 0 fully saturated rings. The fraction of sp³-hybridized carbons (Fsp3) is 0.474. The van der Waals surface area contributed by atoms with Crippen molar-refractivity contribution >= 4 is 5.57 Å². The van der Waals surface area contributed by atoms with Gasteiger partial charge in [-0.05, 0) is 62.4 Å². The minimum absolute atomic E-state index is 0.416. The van der Waals surface area contributed by atoms with E-state index in [0.29, 0.717) is 6.04 Å². The summed E-state index contributed by atoms with van der Waals surface area (Å²) >= 11 is 0. The molecule has 108 valence electrons. The number of unbranched alkanes of at least 4 members (excludes halogenated alkanes) is 1. The molecule has 1 N–H and O–H groups in total. The SMILES string of the molecule is CCCCNC(C)c1ccccc1C1=C(C)C=C(C)C1. The Labute approximate surface area is 123 Å². The van der Waals surface area contributed by atoms with E-state index in [0.717, 1.165) is 13.0 Å². The van der Waals surface area contributed by atoms with E-state index in [2.05, 4.69) is 63.4 Å². The summed E-state index contributed by atoms with van der Waals surface area (Å²) in [6, 6.07) is 9.28. The summed E-state index contributed by atoms with van der Waals surface area (Å²) in [6.07, 6.45) is 5.91. The summed E-state index contributed by atoms with van der Waals surface area (Å²) in [7, 11) is 0. The molecule has 1 atom stereocenters. The largest absolute Gasteiger partial charge is 0.310 e. The first kappa shape index (κ1) is 15.1. The van der Waals surface area contributed by atoms with Gasteiger partial charge in [-0.25, -0.2) is 0 Å². The van der Waals surface area contributed by atoms with E-state index >= 15 is 0 Å². The Kier molecular flexibility index (Phi) is 5.19. The fourth-order valence-electron chi connectivity index (χ4n) is 2.99. The lowest BCUT2D eigenvalue weighted by Gasteiger charge is -2.19. The average Bonchev–Trinajstić information content (AvgIpc) is 2.78. The maximum Gasteiger partial charge on any atom is 0.0297 e. The molecule has 0 spiro atoms. The van der Waals surface area contributed by atoms with Gasteiger partial charge in [0.05, 0.1) is 0 Å². The van der Waals surface area contributed by atoms with Crippen molar-refractivity contribution in [1.29, 1.82) is 0 Å². The molecule has 2 rings (SSSR count). The zero-order chi connectivity index (χ0) is 14.5. The van der Waals surface area contributed by atoms with Gasteiger partial charge in [0.15, 0.2) is 0 Å². The van der Waals surface area contributed by atoms with Crippen molar-refractivity contribution < 1.29 is 0 Å². The third-order valence-electron chi connectivity index (χ3n) is 4.13. The molecule has 1 nitrogen and oxygen atoms in total. The fourth-order valence-corrected chi connectivity index (χ4v) is 2.99. The van der Waals surface area contributed by atoms with Crippen molar-refractivity contribution in [3.8, 4) is 0 Å². The molecule has 20 heavy (non-hydrogen) atoms. The topological polar surface area (TPSA) is 12.0 Å². The van der Waals surface area contributed by atoms with Gasteiger partial charge >= 0.3 is 0 Å². The Morgan fingerprint density at radius 1 is 1.20 bits per heavy atom. The molecule has 1 aliphatic carbocycles. The number of benzene rings is 1. The molecule has 0 amide bonds. The summed E-state index contributed by atoms with van der Waals surface area (Å²) in [5.74, 6) is 0. The van der Waals surface area contributed by atoms with Crippen LogP contribution < -0.4 is 5.32 Å². The first-order valence-corrected chi connectivity index (χ1v) is 7.83. The predicted molar refractivity (Wildman–Crippen MR) is 88.7 cm³/mol. The second-order valence-corrected chi connectivity index (χ2v) is 5.95. The van der Waals surface area contributed by atoms with E-state index < -0.39 is 0 Å². The van der Waals surface area contributed by atoms with Crippen molar-refractivity contribution in [1.82, 2.24) is 5.32 Å². The van der Waals surface area contributed by atoms with Crippen molar-refractivity contribution in [3.63, 3.8) is 0 Å². The van der Waals surface area contributed by atoms with Crippen LogP contribution in [0, 0.1) is 0 Å². The lowest BCUT2D eigenvalue weighted by molar-refractivity contribution is 0.553. The molecular formula is C19H27N. The van der Waals surface area contributed by atoms with Gasteiger partial charge in [-0.3, -0.25) is 0 Å². The Morgan fingerprint density at radius 2 is 1.95 bits per heavy atom. The molecule has 0 aromatic heterocycles. The normalized spacial score (nSPS) is 16.5. The number of nitrogens with one attached hydrogen (secondary N) is 1. The van der Waals surface area contributed by atoms with E-state index in [4.69, 9.17) is 0 Å². The summed E-state index contributed by atoms with van der Waals surface area (Å²) in [4.78, 5) is 0. The molecule has 0 saturated heterocycles. The molecular weight excluding hydrogens is 242 g/mol. The van der Waals surface area contributed by atoms with Gasteiger partial charge in [-0.1, -0.05) is 49.3 Å². The average molecular weight is 269 g/mol.